The predicted octanol–water partition coefficient (Wildman–Crippen LogP) is 4.72. The molecule has 3 aliphatic rings. The quantitative estimate of drug-likeness (QED) is 0.350. The molecule has 2 aromatic carbocycles. The first-order valence-electron chi connectivity index (χ1n) is 13.8. The number of carbonyl (C=O) groups is 1. The van der Waals surface area contributed by atoms with E-state index in [9.17, 15) is 9.59 Å². The zero-order valence-corrected chi connectivity index (χ0v) is 24.5. The van der Waals surface area contributed by atoms with E-state index in [1.165, 1.54) is 0 Å². The topological polar surface area (TPSA) is 78.3 Å². The molecule has 3 aromatic rings. The van der Waals surface area contributed by atoms with Gasteiger partial charge < -0.3 is 29.2 Å². The van der Waals surface area contributed by atoms with Crippen molar-refractivity contribution >= 4 is 41.0 Å². The van der Waals surface area contributed by atoms with Crippen molar-refractivity contribution in [1.29, 1.82) is 0 Å². The summed E-state index contributed by atoms with van der Waals surface area (Å²) in [7, 11) is 2.15. The lowest BCUT2D eigenvalue weighted by Crippen LogP contribution is -2.50. The minimum atomic E-state index is -0.0725. The molecular formula is C30H34N4O4S2. The number of likely N-dealkylation sites (N-methyl/N-ethyl adjacent to an activating group) is 1. The maximum atomic E-state index is 12.7. The van der Waals surface area contributed by atoms with Crippen molar-refractivity contribution in [1.82, 2.24) is 9.80 Å². The smallest absolute Gasteiger partial charge is 0.225 e. The molecule has 1 N–H and O–H groups in total. The van der Waals surface area contributed by atoms with E-state index in [1.54, 1.807) is 35.7 Å². The van der Waals surface area contributed by atoms with Gasteiger partial charge in [0.25, 0.3) is 0 Å². The predicted molar refractivity (Wildman–Crippen MR) is 160 cm³/mol. The number of nitrogens with zero attached hydrogens (tertiary/aromatic N) is 3. The molecule has 6 rings (SSSR count). The second-order valence-electron chi connectivity index (χ2n) is 10.5. The van der Waals surface area contributed by atoms with E-state index in [0.717, 1.165) is 57.0 Å². The third kappa shape index (κ3) is 6.11. The van der Waals surface area contributed by atoms with Gasteiger partial charge in [-0.15, -0.1) is 0 Å². The molecule has 2 fully saturated rings. The fourth-order valence-corrected chi connectivity index (χ4v) is 7.62. The highest BCUT2D eigenvalue weighted by atomic mass is 32.2. The maximum absolute atomic E-state index is 12.7. The van der Waals surface area contributed by atoms with Gasteiger partial charge in [-0.05, 0) is 38.2 Å². The van der Waals surface area contributed by atoms with Gasteiger partial charge in [0.2, 0.25) is 5.91 Å². The number of nitrogens with one attached hydrogen (secondary N) is 1. The van der Waals surface area contributed by atoms with E-state index in [-0.39, 0.29) is 11.3 Å². The first-order valence-corrected chi connectivity index (χ1v) is 15.4. The van der Waals surface area contributed by atoms with Crippen molar-refractivity contribution < 1.29 is 13.9 Å². The molecule has 10 heteroatoms. The highest BCUT2D eigenvalue weighted by Crippen LogP contribution is 2.52. The molecule has 1 unspecified atom stereocenters. The Morgan fingerprint density at radius 2 is 1.85 bits per heavy atom. The number of anilines is 2. The average molecular weight is 579 g/mol. The number of carbonyl (C=O) groups excluding carboxylic acids is 1. The van der Waals surface area contributed by atoms with Crippen LogP contribution >= 0.6 is 23.5 Å². The van der Waals surface area contributed by atoms with Crippen molar-refractivity contribution in [2.24, 2.45) is 0 Å². The van der Waals surface area contributed by atoms with Gasteiger partial charge >= 0.3 is 0 Å². The fourth-order valence-electron chi connectivity index (χ4n) is 5.22. The molecule has 40 heavy (non-hydrogen) atoms. The van der Waals surface area contributed by atoms with Crippen LogP contribution in [-0.4, -0.2) is 81.3 Å². The number of amides is 1. The van der Waals surface area contributed by atoms with Crippen molar-refractivity contribution in [3.63, 3.8) is 0 Å². The van der Waals surface area contributed by atoms with Crippen LogP contribution in [0.2, 0.25) is 0 Å². The van der Waals surface area contributed by atoms with E-state index in [4.69, 9.17) is 9.15 Å². The summed E-state index contributed by atoms with van der Waals surface area (Å²) in [4.78, 5) is 36.5. The van der Waals surface area contributed by atoms with Gasteiger partial charge in [-0.25, -0.2) is 0 Å². The van der Waals surface area contributed by atoms with E-state index in [2.05, 4.69) is 52.2 Å². The van der Waals surface area contributed by atoms with Crippen LogP contribution in [0, 0.1) is 0 Å². The molecule has 3 aliphatic heterocycles. The van der Waals surface area contributed by atoms with Crippen LogP contribution in [0.25, 0.3) is 11.3 Å². The zero-order chi connectivity index (χ0) is 27.6. The Hall–Kier alpha value is -2.76. The summed E-state index contributed by atoms with van der Waals surface area (Å²) < 4.78 is 11.7. The summed E-state index contributed by atoms with van der Waals surface area (Å²) in [6, 6.07) is 15.8. The lowest BCUT2D eigenvalue weighted by Gasteiger charge is -2.37. The number of hydrogen-bond acceptors (Lipinski definition) is 9. The second-order valence-corrected chi connectivity index (χ2v) is 12.7. The molecular weight excluding hydrogens is 544 g/mol. The van der Waals surface area contributed by atoms with Gasteiger partial charge in [0.05, 0.1) is 13.2 Å². The molecule has 0 saturated carbocycles. The molecule has 2 saturated heterocycles. The minimum absolute atomic E-state index is 0.0397. The minimum Gasteiger partial charge on any atom is -0.440 e. The van der Waals surface area contributed by atoms with Crippen LogP contribution in [0.4, 0.5) is 11.6 Å². The van der Waals surface area contributed by atoms with E-state index >= 15 is 0 Å². The van der Waals surface area contributed by atoms with Gasteiger partial charge in [-0.2, -0.15) is 0 Å². The summed E-state index contributed by atoms with van der Waals surface area (Å²) in [6.45, 7) is 8.69. The molecule has 4 heterocycles. The third-order valence-corrected chi connectivity index (χ3v) is 10.3. The normalized spacial score (nSPS) is 19.6. The summed E-state index contributed by atoms with van der Waals surface area (Å²) in [5.74, 6) is 1.19. The molecule has 0 spiro atoms. The highest BCUT2D eigenvalue weighted by Gasteiger charge is 2.24. The van der Waals surface area contributed by atoms with Crippen LogP contribution in [0.1, 0.15) is 13.3 Å². The molecule has 1 amide bonds. The molecule has 8 nitrogen and oxygen atoms in total. The zero-order valence-electron chi connectivity index (χ0n) is 22.9. The second kappa shape index (κ2) is 12.0. The summed E-state index contributed by atoms with van der Waals surface area (Å²) in [5, 5.41) is 3.09. The van der Waals surface area contributed by atoms with Gasteiger partial charge in [0.15, 0.2) is 11.3 Å². The fraction of sp³-hybridized carbons (Fsp3) is 0.400. The third-order valence-electron chi connectivity index (χ3n) is 7.68. The number of morpholine rings is 1. The lowest BCUT2D eigenvalue weighted by atomic mass is 10.1. The Morgan fingerprint density at radius 3 is 2.67 bits per heavy atom. The average Bonchev–Trinajstić information content (AvgIpc) is 2.96. The van der Waals surface area contributed by atoms with Crippen molar-refractivity contribution in [2.45, 2.75) is 39.0 Å². The van der Waals surface area contributed by atoms with E-state index < -0.39 is 0 Å². The van der Waals surface area contributed by atoms with Crippen LogP contribution in [0.15, 0.2) is 77.3 Å². The number of ether oxygens (including phenoxy) is 1. The van der Waals surface area contributed by atoms with Gasteiger partial charge in [-0.1, -0.05) is 35.7 Å². The highest BCUT2D eigenvalue weighted by molar-refractivity contribution is 8.05. The van der Waals surface area contributed by atoms with E-state index in [0.29, 0.717) is 50.4 Å². The molecule has 1 aromatic heterocycles. The Bertz CT molecular complexity index is 1460. The lowest BCUT2D eigenvalue weighted by molar-refractivity contribution is -0.116. The number of rotatable bonds is 6. The van der Waals surface area contributed by atoms with E-state index in [1.807, 2.05) is 18.2 Å². The van der Waals surface area contributed by atoms with Crippen LogP contribution in [0.5, 0.6) is 0 Å². The Labute approximate surface area is 243 Å². The van der Waals surface area contributed by atoms with Gasteiger partial charge in [-0.3, -0.25) is 9.59 Å². The first-order chi connectivity index (χ1) is 19.4. The summed E-state index contributed by atoms with van der Waals surface area (Å²) in [6.07, 6.45) is 0.482. The van der Waals surface area contributed by atoms with Gasteiger partial charge in [0.1, 0.15) is 5.76 Å². The summed E-state index contributed by atoms with van der Waals surface area (Å²) in [5.41, 5.74) is 1.65. The first kappa shape index (κ1) is 27.4. The molecule has 1 atom stereocenters. The molecule has 0 bridgehead atoms. The molecule has 0 radical (unpaired) electrons. The number of piperazine rings is 1. The number of fused-ring (bicyclic) bond motifs is 2. The van der Waals surface area contributed by atoms with Crippen LogP contribution in [0.3, 0.4) is 0 Å². The molecule has 210 valence electrons. The van der Waals surface area contributed by atoms with Crippen LogP contribution < -0.4 is 15.6 Å². The van der Waals surface area contributed by atoms with Gasteiger partial charge in [0, 0.05) is 94.7 Å². The Morgan fingerprint density at radius 1 is 1.00 bits per heavy atom. The molecule has 0 aliphatic carbocycles. The summed E-state index contributed by atoms with van der Waals surface area (Å²) >= 11 is 3.34. The largest absolute Gasteiger partial charge is 0.440 e. The van der Waals surface area contributed by atoms with Crippen molar-refractivity contribution in [2.75, 3.05) is 69.7 Å². The SMILES string of the molecule is CC1CN(CCC(=O)Nc2ccc3c(c2)Sc2cccc(-c4cc(=O)cc(N5CCOCC5)o4)c2S3)CCN1C. The Balaban J connectivity index is 1.15. The van der Waals surface area contributed by atoms with Crippen molar-refractivity contribution in [3.05, 3.63) is 58.8 Å². The standard InChI is InChI=1S/C30H34N4O4S2/c1-20-19-33(11-10-32(20)2)9-8-28(36)31-21-6-7-25-27(16-21)39-26-5-3-4-23(30(26)40-25)24-17-22(35)18-29(38-24)34-12-14-37-15-13-34/h3-7,16-18,20H,8-15,19H2,1-2H3,(H,31,36). The number of benzene rings is 2. The van der Waals surface area contributed by atoms with Crippen molar-refractivity contribution in [3.8, 4) is 11.3 Å². The maximum Gasteiger partial charge on any atom is 0.225 e. The monoisotopic (exact) mass is 578 g/mol. The van der Waals surface area contributed by atoms with Crippen LogP contribution in [-0.2, 0) is 9.53 Å². The Kier molecular flexibility index (Phi) is 8.22. The number of hydrogen-bond donors (Lipinski definition) is 1.